The van der Waals surface area contributed by atoms with Gasteiger partial charge in [-0.1, -0.05) is 57.2 Å². The average molecular weight is 320 g/mol. The Labute approximate surface area is 146 Å². The van der Waals surface area contributed by atoms with E-state index >= 15 is 0 Å². The molecule has 0 fully saturated rings. The van der Waals surface area contributed by atoms with Crippen molar-refractivity contribution in [2.24, 2.45) is 0 Å². The number of aryl methyl sites for hydroxylation is 2. The lowest BCUT2D eigenvalue weighted by Gasteiger charge is -2.26. The van der Waals surface area contributed by atoms with Gasteiger partial charge in [-0.05, 0) is 66.6 Å². The number of rotatable bonds is 6. The Bertz CT molecular complexity index is 755. The standard InChI is InChI=1S/C23H28O/c1-6-11-23(5,8-3)21-14-19(16-24)13-20(15-21)22-10-9-18(7-2)12-17(22)4/h6,9-16H,7-8H2,1-5H3. The van der Waals surface area contributed by atoms with Crippen LogP contribution in [0.5, 0.6) is 0 Å². The molecule has 1 heteroatoms. The van der Waals surface area contributed by atoms with Crippen LogP contribution in [0.3, 0.4) is 0 Å². The summed E-state index contributed by atoms with van der Waals surface area (Å²) in [6.07, 6.45) is 7.31. The molecule has 0 amide bonds. The van der Waals surface area contributed by atoms with Crippen molar-refractivity contribution in [3.63, 3.8) is 0 Å². The van der Waals surface area contributed by atoms with Gasteiger partial charge < -0.3 is 0 Å². The molecule has 0 radical (unpaired) electrons. The normalized spacial score (nSPS) is 13.9. The molecule has 1 unspecified atom stereocenters. The monoisotopic (exact) mass is 320 g/mol. The second kappa shape index (κ2) is 7.61. The van der Waals surface area contributed by atoms with Gasteiger partial charge in [-0.3, -0.25) is 4.79 Å². The van der Waals surface area contributed by atoms with Crippen LogP contribution in [0.4, 0.5) is 0 Å². The van der Waals surface area contributed by atoms with Crippen molar-refractivity contribution in [2.45, 2.75) is 52.9 Å². The quantitative estimate of drug-likeness (QED) is 0.452. The van der Waals surface area contributed by atoms with Gasteiger partial charge in [0.2, 0.25) is 0 Å². The van der Waals surface area contributed by atoms with Crippen LogP contribution >= 0.6 is 0 Å². The Morgan fingerprint density at radius 2 is 1.83 bits per heavy atom. The third-order valence-electron chi connectivity index (χ3n) is 5.03. The van der Waals surface area contributed by atoms with E-state index in [1.165, 1.54) is 22.3 Å². The predicted molar refractivity (Wildman–Crippen MR) is 104 cm³/mol. The zero-order valence-electron chi connectivity index (χ0n) is 15.5. The van der Waals surface area contributed by atoms with Crippen LogP contribution in [0.25, 0.3) is 11.1 Å². The Morgan fingerprint density at radius 1 is 1.08 bits per heavy atom. The first kappa shape index (κ1) is 18.2. The topological polar surface area (TPSA) is 17.1 Å². The molecule has 0 saturated heterocycles. The van der Waals surface area contributed by atoms with Crippen LogP contribution in [0, 0.1) is 6.92 Å². The summed E-state index contributed by atoms with van der Waals surface area (Å²) in [6, 6.07) is 12.9. The van der Waals surface area contributed by atoms with Crippen LogP contribution in [-0.4, -0.2) is 6.29 Å². The maximum atomic E-state index is 11.5. The van der Waals surface area contributed by atoms with E-state index in [9.17, 15) is 4.79 Å². The predicted octanol–water partition coefficient (Wildman–Crippen LogP) is 6.28. The van der Waals surface area contributed by atoms with E-state index in [4.69, 9.17) is 0 Å². The highest BCUT2D eigenvalue weighted by Gasteiger charge is 2.22. The van der Waals surface area contributed by atoms with E-state index in [0.717, 1.165) is 30.3 Å². The number of carbonyl (C=O) groups excluding carboxylic acids is 1. The first-order valence-electron chi connectivity index (χ1n) is 8.82. The second-order valence-electron chi connectivity index (χ2n) is 6.74. The van der Waals surface area contributed by atoms with Crippen molar-refractivity contribution < 1.29 is 4.79 Å². The number of hydrogen-bond acceptors (Lipinski definition) is 1. The molecule has 0 heterocycles. The molecule has 0 aliphatic heterocycles. The van der Waals surface area contributed by atoms with Crippen LogP contribution in [0.15, 0.2) is 48.6 Å². The lowest BCUT2D eigenvalue weighted by atomic mass is 9.78. The molecule has 0 spiro atoms. The Morgan fingerprint density at radius 3 is 2.38 bits per heavy atom. The lowest BCUT2D eigenvalue weighted by Crippen LogP contribution is -2.18. The van der Waals surface area contributed by atoms with Crippen molar-refractivity contribution in [1.82, 2.24) is 0 Å². The molecule has 0 bridgehead atoms. The van der Waals surface area contributed by atoms with E-state index in [2.05, 4.69) is 64.1 Å². The van der Waals surface area contributed by atoms with Crippen LogP contribution in [-0.2, 0) is 11.8 Å². The third-order valence-corrected chi connectivity index (χ3v) is 5.03. The molecule has 1 nitrogen and oxygen atoms in total. The smallest absolute Gasteiger partial charge is 0.150 e. The minimum absolute atomic E-state index is 0.0558. The summed E-state index contributed by atoms with van der Waals surface area (Å²) in [5.41, 5.74) is 6.81. The van der Waals surface area contributed by atoms with E-state index in [-0.39, 0.29) is 5.41 Å². The first-order valence-corrected chi connectivity index (χ1v) is 8.82. The van der Waals surface area contributed by atoms with Gasteiger partial charge in [0.15, 0.2) is 0 Å². The average Bonchev–Trinajstić information content (AvgIpc) is 2.61. The summed E-state index contributed by atoms with van der Waals surface area (Å²) in [5.74, 6) is 0. The van der Waals surface area contributed by atoms with Crippen molar-refractivity contribution >= 4 is 6.29 Å². The van der Waals surface area contributed by atoms with Crippen LogP contribution in [0.2, 0.25) is 0 Å². The minimum atomic E-state index is -0.0558. The zero-order valence-corrected chi connectivity index (χ0v) is 15.5. The van der Waals surface area contributed by atoms with Crippen LogP contribution < -0.4 is 0 Å². The van der Waals surface area contributed by atoms with Crippen molar-refractivity contribution in [3.05, 3.63) is 70.8 Å². The minimum Gasteiger partial charge on any atom is -0.298 e. The molecule has 0 aromatic heterocycles. The highest BCUT2D eigenvalue weighted by Crippen LogP contribution is 2.34. The molecule has 0 aliphatic rings. The first-order chi connectivity index (χ1) is 11.5. The molecular weight excluding hydrogens is 292 g/mol. The molecule has 2 aromatic carbocycles. The molecule has 0 saturated carbocycles. The van der Waals surface area contributed by atoms with Gasteiger partial charge in [0.05, 0.1) is 0 Å². The second-order valence-corrected chi connectivity index (χ2v) is 6.74. The fraction of sp³-hybridized carbons (Fsp3) is 0.348. The summed E-state index contributed by atoms with van der Waals surface area (Å²) >= 11 is 0. The molecule has 0 aliphatic carbocycles. The number of hydrogen-bond donors (Lipinski definition) is 0. The number of allylic oxidation sites excluding steroid dienone is 2. The van der Waals surface area contributed by atoms with Gasteiger partial charge in [0.1, 0.15) is 6.29 Å². The Kier molecular flexibility index (Phi) is 5.77. The van der Waals surface area contributed by atoms with Crippen molar-refractivity contribution in [3.8, 4) is 11.1 Å². The van der Waals surface area contributed by atoms with Crippen LogP contribution in [0.1, 0.15) is 61.2 Å². The van der Waals surface area contributed by atoms with Gasteiger partial charge in [-0.2, -0.15) is 0 Å². The number of benzene rings is 2. The molecular formula is C23H28O. The maximum absolute atomic E-state index is 11.5. The van der Waals surface area contributed by atoms with E-state index in [0.29, 0.717) is 0 Å². The van der Waals surface area contributed by atoms with E-state index in [1.807, 2.05) is 19.1 Å². The van der Waals surface area contributed by atoms with Gasteiger partial charge >= 0.3 is 0 Å². The fourth-order valence-corrected chi connectivity index (χ4v) is 3.26. The third kappa shape index (κ3) is 3.67. The summed E-state index contributed by atoms with van der Waals surface area (Å²) in [7, 11) is 0. The van der Waals surface area contributed by atoms with Gasteiger partial charge in [0, 0.05) is 11.0 Å². The van der Waals surface area contributed by atoms with Gasteiger partial charge in [-0.25, -0.2) is 0 Å². The SMILES string of the molecule is CC=CC(C)(CC)c1cc(C=O)cc(-c2ccc(CC)cc2C)c1. The zero-order chi connectivity index (χ0) is 17.7. The number of aldehydes is 1. The molecule has 126 valence electrons. The fourth-order valence-electron chi connectivity index (χ4n) is 3.26. The Hall–Kier alpha value is -2.15. The maximum Gasteiger partial charge on any atom is 0.150 e. The largest absolute Gasteiger partial charge is 0.298 e. The van der Waals surface area contributed by atoms with Crippen molar-refractivity contribution in [1.29, 1.82) is 0 Å². The summed E-state index contributed by atoms with van der Waals surface area (Å²) < 4.78 is 0. The molecule has 2 rings (SSSR count). The lowest BCUT2D eigenvalue weighted by molar-refractivity contribution is 0.112. The molecule has 24 heavy (non-hydrogen) atoms. The highest BCUT2D eigenvalue weighted by molar-refractivity contribution is 5.81. The summed E-state index contributed by atoms with van der Waals surface area (Å²) in [5, 5.41) is 0. The van der Waals surface area contributed by atoms with Gasteiger partial charge in [0.25, 0.3) is 0 Å². The van der Waals surface area contributed by atoms with Gasteiger partial charge in [-0.15, -0.1) is 0 Å². The number of carbonyl (C=O) groups is 1. The summed E-state index contributed by atoms with van der Waals surface area (Å²) in [6.45, 7) is 10.8. The highest BCUT2D eigenvalue weighted by atomic mass is 16.1. The molecule has 1 atom stereocenters. The van der Waals surface area contributed by atoms with E-state index < -0.39 is 0 Å². The Balaban J connectivity index is 2.64. The molecule has 2 aromatic rings. The molecule has 0 N–H and O–H groups in total. The van der Waals surface area contributed by atoms with Crippen molar-refractivity contribution in [2.75, 3.05) is 0 Å². The van der Waals surface area contributed by atoms with E-state index in [1.54, 1.807) is 0 Å². The summed E-state index contributed by atoms with van der Waals surface area (Å²) in [4.78, 5) is 11.5.